The van der Waals surface area contributed by atoms with Gasteiger partial charge in [0, 0.05) is 52.1 Å². The van der Waals surface area contributed by atoms with Gasteiger partial charge in [0.05, 0.1) is 26.2 Å². The summed E-state index contributed by atoms with van der Waals surface area (Å²) in [6, 6.07) is 0. The number of likely N-dealkylation sites (tertiary alicyclic amines) is 1. The zero-order valence-electron chi connectivity index (χ0n) is 15.7. The number of hydrogen-bond acceptors (Lipinski definition) is 6. The molecule has 0 spiro atoms. The molecule has 2 aliphatic rings. The monoisotopic (exact) mass is 369 g/mol. The fourth-order valence-corrected chi connectivity index (χ4v) is 3.35. The minimum absolute atomic E-state index is 0.0273. The molecule has 1 N–H and O–H groups in total. The van der Waals surface area contributed by atoms with Crippen LogP contribution in [-0.4, -0.2) is 87.2 Å². The predicted molar refractivity (Wildman–Crippen MR) is 95.4 cm³/mol. The van der Waals surface area contributed by atoms with Crippen molar-refractivity contribution >= 4 is 17.8 Å². The third kappa shape index (κ3) is 6.92. The van der Waals surface area contributed by atoms with E-state index in [1.54, 1.807) is 0 Å². The van der Waals surface area contributed by atoms with Gasteiger partial charge in [-0.05, 0) is 19.3 Å². The SMILES string of the molecule is COC(=O)CCCNC(=O)[C@@H]1CCC(=O)N(CCCN2CCOCC2)C1. The lowest BCUT2D eigenvalue weighted by molar-refractivity contribution is -0.141. The zero-order valence-corrected chi connectivity index (χ0v) is 15.7. The Hall–Kier alpha value is -1.67. The maximum absolute atomic E-state index is 12.3. The molecule has 2 aliphatic heterocycles. The average Bonchev–Trinajstić information content (AvgIpc) is 2.67. The summed E-state index contributed by atoms with van der Waals surface area (Å²) in [6.07, 6.45) is 2.81. The standard InChI is InChI=1S/C18H31N3O5/c1-25-17(23)4-2-7-19-18(24)15-5-6-16(22)21(14-15)9-3-8-20-10-12-26-13-11-20/h15H,2-14H2,1H3,(H,19,24)/t15-/m1/s1. The van der Waals surface area contributed by atoms with Crippen molar-refractivity contribution in [1.82, 2.24) is 15.1 Å². The van der Waals surface area contributed by atoms with Gasteiger partial charge in [-0.25, -0.2) is 0 Å². The van der Waals surface area contributed by atoms with Gasteiger partial charge in [0.25, 0.3) is 0 Å². The maximum Gasteiger partial charge on any atom is 0.305 e. The number of esters is 1. The molecule has 2 fully saturated rings. The summed E-state index contributed by atoms with van der Waals surface area (Å²) in [6.45, 7) is 6.05. The third-order valence-corrected chi connectivity index (χ3v) is 4.96. The van der Waals surface area contributed by atoms with Crippen LogP contribution in [0.1, 0.15) is 32.1 Å². The molecule has 0 bridgehead atoms. The number of piperidine rings is 1. The van der Waals surface area contributed by atoms with E-state index in [0.717, 1.165) is 39.3 Å². The number of nitrogens with zero attached hydrogens (tertiary/aromatic N) is 2. The number of ether oxygens (including phenoxy) is 2. The Kier molecular flexibility index (Phi) is 8.84. The Labute approximate surface area is 155 Å². The summed E-state index contributed by atoms with van der Waals surface area (Å²) in [5.41, 5.74) is 0. The summed E-state index contributed by atoms with van der Waals surface area (Å²) in [7, 11) is 1.35. The maximum atomic E-state index is 12.3. The average molecular weight is 369 g/mol. The van der Waals surface area contributed by atoms with Crippen molar-refractivity contribution in [3.63, 3.8) is 0 Å². The Morgan fingerprint density at radius 2 is 2.00 bits per heavy atom. The molecule has 0 aliphatic carbocycles. The lowest BCUT2D eigenvalue weighted by atomic mass is 9.96. The Morgan fingerprint density at radius 3 is 2.73 bits per heavy atom. The van der Waals surface area contributed by atoms with Gasteiger partial charge < -0.3 is 19.7 Å². The highest BCUT2D eigenvalue weighted by molar-refractivity contribution is 5.83. The Morgan fingerprint density at radius 1 is 1.23 bits per heavy atom. The van der Waals surface area contributed by atoms with Gasteiger partial charge in [-0.2, -0.15) is 0 Å². The molecule has 8 heteroatoms. The van der Waals surface area contributed by atoms with Crippen LogP contribution in [0.5, 0.6) is 0 Å². The second kappa shape index (κ2) is 11.1. The van der Waals surface area contributed by atoms with Crippen molar-refractivity contribution in [2.24, 2.45) is 5.92 Å². The molecule has 2 rings (SSSR count). The molecule has 2 amide bonds. The molecule has 0 aromatic rings. The fourth-order valence-electron chi connectivity index (χ4n) is 3.35. The summed E-state index contributed by atoms with van der Waals surface area (Å²) in [5.74, 6) is -0.314. The van der Waals surface area contributed by atoms with Crippen molar-refractivity contribution in [2.75, 3.05) is 59.6 Å². The molecule has 0 aromatic heterocycles. The highest BCUT2D eigenvalue weighted by Crippen LogP contribution is 2.18. The van der Waals surface area contributed by atoms with Crippen LogP contribution in [0.25, 0.3) is 0 Å². The van der Waals surface area contributed by atoms with Crippen molar-refractivity contribution in [1.29, 1.82) is 0 Å². The molecule has 2 heterocycles. The number of methoxy groups -OCH3 is 1. The lowest BCUT2D eigenvalue weighted by Crippen LogP contribution is -2.47. The molecule has 0 radical (unpaired) electrons. The second-order valence-corrected chi connectivity index (χ2v) is 6.85. The van der Waals surface area contributed by atoms with Gasteiger partial charge in [0.2, 0.25) is 11.8 Å². The number of rotatable bonds is 9. The summed E-state index contributed by atoms with van der Waals surface area (Å²) in [4.78, 5) is 39.7. The van der Waals surface area contributed by atoms with E-state index < -0.39 is 0 Å². The van der Waals surface area contributed by atoms with Gasteiger partial charge >= 0.3 is 5.97 Å². The van der Waals surface area contributed by atoms with Gasteiger partial charge in [0.15, 0.2) is 0 Å². The molecular formula is C18H31N3O5. The first-order chi connectivity index (χ1) is 12.6. The minimum Gasteiger partial charge on any atom is -0.469 e. The van der Waals surface area contributed by atoms with Gasteiger partial charge in [0.1, 0.15) is 0 Å². The highest BCUT2D eigenvalue weighted by atomic mass is 16.5. The van der Waals surface area contributed by atoms with E-state index in [-0.39, 0.29) is 23.7 Å². The first-order valence-corrected chi connectivity index (χ1v) is 9.52. The summed E-state index contributed by atoms with van der Waals surface area (Å²) < 4.78 is 9.91. The summed E-state index contributed by atoms with van der Waals surface area (Å²) >= 11 is 0. The van der Waals surface area contributed by atoms with Crippen LogP contribution in [0.2, 0.25) is 0 Å². The molecule has 8 nitrogen and oxygen atoms in total. The molecule has 148 valence electrons. The van der Waals surface area contributed by atoms with Crippen molar-refractivity contribution in [3.05, 3.63) is 0 Å². The number of carbonyl (C=O) groups is 3. The number of amides is 2. The van der Waals surface area contributed by atoms with E-state index in [4.69, 9.17) is 4.74 Å². The Balaban J connectivity index is 1.66. The van der Waals surface area contributed by atoms with Crippen molar-refractivity contribution in [3.8, 4) is 0 Å². The van der Waals surface area contributed by atoms with Crippen LogP contribution < -0.4 is 5.32 Å². The Bertz CT molecular complexity index is 479. The van der Waals surface area contributed by atoms with Crippen LogP contribution >= 0.6 is 0 Å². The predicted octanol–water partition coefficient (Wildman–Crippen LogP) is 0.0167. The largest absolute Gasteiger partial charge is 0.469 e. The lowest BCUT2D eigenvalue weighted by Gasteiger charge is -2.33. The van der Waals surface area contributed by atoms with Crippen molar-refractivity contribution < 1.29 is 23.9 Å². The number of carbonyl (C=O) groups excluding carboxylic acids is 3. The van der Waals surface area contributed by atoms with E-state index >= 15 is 0 Å². The van der Waals surface area contributed by atoms with E-state index in [1.807, 2.05) is 4.90 Å². The van der Waals surface area contributed by atoms with E-state index in [9.17, 15) is 14.4 Å². The molecule has 0 unspecified atom stereocenters. The zero-order chi connectivity index (χ0) is 18.8. The second-order valence-electron chi connectivity index (χ2n) is 6.85. The molecule has 1 atom stereocenters. The van der Waals surface area contributed by atoms with E-state index in [2.05, 4.69) is 15.0 Å². The highest BCUT2D eigenvalue weighted by Gasteiger charge is 2.29. The van der Waals surface area contributed by atoms with Crippen LogP contribution in [0, 0.1) is 5.92 Å². The van der Waals surface area contributed by atoms with E-state index in [0.29, 0.717) is 45.3 Å². The van der Waals surface area contributed by atoms with Crippen LogP contribution in [0.3, 0.4) is 0 Å². The first kappa shape index (κ1) is 20.6. The number of morpholine rings is 1. The van der Waals surface area contributed by atoms with Crippen LogP contribution in [0.4, 0.5) is 0 Å². The van der Waals surface area contributed by atoms with Crippen molar-refractivity contribution in [2.45, 2.75) is 32.1 Å². The smallest absolute Gasteiger partial charge is 0.305 e. The summed E-state index contributed by atoms with van der Waals surface area (Å²) in [5, 5.41) is 2.87. The van der Waals surface area contributed by atoms with Crippen LogP contribution in [0.15, 0.2) is 0 Å². The fraction of sp³-hybridized carbons (Fsp3) is 0.833. The van der Waals surface area contributed by atoms with E-state index in [1.165, 1.54) is 7.11 Å². The third-order valence-electron chi connectivity index (χ3n) is 4.96. The van der Waals surface area contributed by atoms with Gasteiger partial charge in [-0.15, -0.1) is 0 Å². The molecule has 26 heavy (non-hydrogen) atoms. The molecule has 2 saturated heterocycles. The quantitative estimate of drug-likeness (QED) is 0.455. The number of hydrogen-bond donors (Lipinski definition) is 1. The normalized spacial score (nSPS) is 21.5. The molecular weight excluding hydrogens is 338 g/mol. The topological polar surface area (TPSA) is 88.2 Å². The first-order valence-electron chi connectivity index (χ1n) is 9.52. The van der Waals surface area contributed by atoms with Gasteiger partial charge in [-0.1, -0.05) is 0 Å². The number of nitrogens with one attached hydrogen (secondary N) is 1. The van der Waals surface area contributed by atoms with Gasteiger partial charge in [-0.3, -0.25) is 19.3 Å². The van der Waals surface area contributed by atoms with Crippen LogP contribution in [-0.2, 0) is 23.9 Å². The molecule has 0 aromatic carbocycles. The molecule has 0 saturated carbocycles. The minimum atomic E-state index is -0.269.